The molecule has 1 saturated heterocycles. The first kappa shape index (κ1) is 31.4. The van der Waals surface area contributed by atoms with E-state index in [9.17, 15) is 18.8 Å². The highest BCUT2D eigenvalue weighted by Crippen LogP contribution is 2.21. The van der Waals surface area contributed by atoms with Gasteiger partial charge in [0.2, 0.25) is 17.7 Å². The summed E-state index contributed by atoms with van der Waals surface area (Å²) in [5.74, 6) is -1.13. The molecule has 228 valence electrons. The maximum Gasteiger partial charge on any atom is 0.242 e. The predicted octanol–water partition coefficient (Wildman–Crippen LogP) is 1.82. The average Bonchev–Trinajstić information content (AvgIpc) is 3.15. The Labute approximate surface area is 251 Å². The minimum absolute atomic E-state index is 0.114. The summed E-state index contributed by atoms with van der Waals surface area (Å²) in [5.41, 5.74) is 7.06. The molecule has 3 atom stereocenters. The molecule has 11 heteroatoms. The second-order valence-electron chi connectivity index (χ2n) is 10.8. The quantitative estimate of drug-likeness (QED) is 0.108. The van der Waals surface area contributed by atoms with Crippen LogP contribution in [-0.4, -0.2) is 73.4 Å². The molecule has 10 nitrogen and oxygen atoms in total. The maximum atomic E-state index is 14.0. The standard InChI is InChI=1S/C32H40FN7O3/c1-36-30(42)28(18-22-8-11-23-5-2-3-6-24(23)17-22)40-16-14-26(39-27(31(40)43)7-4-15-37-32(34)35)20-38-29(41)19-21-9-12-25(33)13-10-21/h2-3,5-6,8-13,17,26-28,39H,4,7,14-16,18-20H2,1H3,(H,36,42)(H,38,41)(H4,34,35,37)/t26-,27-,28+/m1/s1. The van der Waals surface area contributed by atoms with E-state index in [1.165, 1.54) is 12.1 Å². The number of fused-ring (bicyclic) bond motifs is 1. The van der Waals surface area contributed by atoms with Crippen LogP contribution in [0.5, 0.6) is 0 Å². The lowest BCUT2D eigenvalue weighted by Crippen LogP contribution is -2.54. The highest BCUT2D eigenvalue weighted by Gasteiger charge is 2.37. The summed E-state index contributed by atoms with van der Waals surface area (Å²) in [6.45, 7) is 1.05. The summed E-state index contributed by atoms with van der Waals surface area (Å²) < 4.78 is 13.2. The van der Waals surface area contributed by atoms with Crippen LogP contribution in [0, 0.1) is 11.2 Å². The molecule has 0 aliphatic carbocycles. The van der Waals surface area contributed by atoms with Gasteiger partial charge in [-0.1, -0.05) is 54.6 Å². The van der Waals surface area contributed by atoms with Crippen LogP contribution in [0.25, 0.3) is 10.8 Å². The number of carbonyl (C=O) groups is 3. The van der Waals surface area contributed by atoms with Crippen LogP contribution in [-0.2, 0) is 27.2 Å². The van der Waals surface area contributed by atoms with E-state index in [4.69, 9.17) is 11.1 Å². The summed E-state index contributed by atoms with van der Waals surface area (Å²) in [6.07, 6.45) is 2.01. The van der Waals surface area contributed by atoms with Crippen molar-refractivity contribution in [3.63, 3.8) is 0 Å². The summed E-state index contributed by atoms with van der Waals surface area (Å²) in [4.78, 5) is 41.5. The predicted molar refractivity (Wildman–Crippen MR) is 165 cm³/mol. The zero-order valence-corrected chi connectivity index (χ0v) is 24.4. The van der Waals surface area contributed by atoms with Gasteiger partial charge in [0, 0.05) is 39.1 Å². The molecule has 0 saturated carbocycles. The number of halogens is 1. The third kappa shape index (κ3) is 8.99. The first-order valence-electron chi connectivity index (χ1n) is 14.6. The maximum absolute atomic E-state index is 14.0. The van der Waals surface area contributed by atoms with Crippen LogP contribution in [0.3, 0.4) is 0 Å². The molecular formula is C32H40FN7O3. The van der Waals surface area contributed by atoms with Crippen molar-refractivity contribution in [1.82, 2.24) is 26.2 Å². The van der Waals surface area contributed by atoms with E-state index in [0.717, 1.165) is 16.3 Å². The van der Waals surface area contributed by atoms with E-state index in [-0.39, 0.29) is 42.0 Å². The van der Waals surface area contributed by atoms with E-state index >= 15 is 0 Å². The molecular weight excluding hydrogens is 549 g/mol. The molecule has 0 aromatic heterocycles. The second kappa shape index (κ2) is 15.1. The molecule has 1 aliphatic heterocycles. The first-order chi connectivity index (χ1) is 20.7. The molecule has 3 aromatic carbocycles. The number of amides is 3. The van der Waals surface area contributed by atoms with Gasteiger partial charge in [-0.3, -0.25) is 19.8 Å². The molecule has 0 spiro atoms. The smallest absolute Gasteiger partial charge is 0.242 e. The van der Waals surface area contributed by atoms with Crippen LogP contribution in [0.1, 0.15) is 30.4 Å². The zero-order valence-electron chi connectivity index (χ0n) is 24.4. The molecule has 3 amide bonds. The van der Waals surface area contributed by atoms with Crippen LogP contribution in [0.4, 0.5) is 4.39 Å². The minimum Gasteiger partial charge on any atom is -0.370 e. The number of benzene rings is 3. The Morgan fingerprint density at radius 2 is 1.79 bits per heavy atom. The molecule has 0 unspecified atom stereocenters. The topological polar surface area (TPSA) is 152 Å². The molecule has 1 aliphatic rings. The normalized spacial score (nSPS) is 17.6. The van der Waals surface area contributed by atoms with Gasteiger partial charge in [0.1, 0.15) is 11.9 Å². The number of likely N-dealkylation sites (N-methyl/N-ethyl adjacent to an activating group) is 1. The number of rotatable bonds is 12. The van der Waals surface area contributed by atoms with E-state index in [1.807, 2.05) is 36.4 Å². The fraction of sp³-hybridized carbons (Fsp3) is 0.375. The third-order valence-electron chi connectivity index (χ3n) is 7.71. The van der Waals surface area contributed by atoms with E-state index < -0.39 is 12.1 Å². The van der Waals surface area contributed by atoms with Gasteiger partial charge in [-0.2, -0.15) is 0 Å². The lowest BCUT2D eigenvalue weighted by molar-refractivity contribution is -0.141. The van der Waals surface area contributed by atoms with Gasteiger partial charge in [-0.15, -0.1) is 0 Å². The van der Waals surface area contributed by atoms with Gasteiger partial charge in [-0.25, -0.2) is 4.39 Å². The van der Waals surface area contributed by atoms with Crippen molar-refractivity contribution >= 4 is 34.5 Å². The van der Waals surface area contributed by atoms with E-state index in [1.54, 1.807) is 24.1 Å². The molecule has 1 fully saturated rings. The minimum atomic E-state index is -0.717. The molecule has 0 radical (unpaired) electrons. The van der Waals surface area contributed by atoms with Crippen molar-refractivity contribution in [2.75, 3.05) is 26.7 Å². The van der Waals surface area contributed by atoms with Crippen molar-refractivity contribution in [2.24, 2.45) is 5.73 Å². The third-order valence-corrected chi connectivity index (χ3v) is 7.71. The number of nitrogens with two attached hydrogens (primary N) is 1. The Kier molecular flexibility index (Phi) is 11.0. The summed E-state index contributed by atoms with van der Waals surface area (Å²) in [7, 11) is 1.57. The molecule has 1 heterocycles. The number of hydrogen-bond donors (Lipinski definition) is 6. The van der Waals surface area contributed by atoms with Crippen molar-refractivity contribution in [3.8, 4) is 0 Å². The summed E-state index contributed by atoms with van der Waals surface area (Å²) >= 11 is 0. The molecule has 7 N–H and O–H groups in total. The number of nitrogens with zero attached hydrogens (tertiary/aromatic N) is 1. The Balaban J connectivity index is 1.49. The lowest BCUT2D eigenvalue weighted by atomic mass is 9.99. The largest absolute Gasteiger partial charge is 0.370 e. The van der Waals surface area contributed by atoms with E-state index in [0.29, 0.717) is 50.9 Å². The lowest BCUT2D eigenvalue weighted by Gasteiger charge is -2.31. The summed E-state index contributed by atoms with van der Waals surface area (Å²) in [5, 5.41) is 21.4. The Morgan fingerprint density at radius 1 is 1.07 bits per heavy atom. The fourth-order valence-corrected chi connectivity index (χ4v) is 5.44. The van der Waals surface area contributed by atoms with Crippen LogP contribution in [0.15, 0.2) is 66.7 Å². The van der Waals surface area contributed by atoms with Crippen LogP contribution >= 0.6 is 0 Å². The first-order valence-corrected chi connectivity index (χ1v) is 14.6. The highest BCUT2D eigenvalue weighted by molar-refractivity contribution is 5.90. The Hall–Kier alpha value is -4.51. The average molecular weight is 590 g/mol. The molecule has 3 aromatic rings. The molecule has 0 bridgehead atoms. The Morgan fingerprint density at radius 3 is 2.51 bits per heavy atom. The molecule has 4 rings (SSSR count). The fourth-order valence-electron chi connectivity index (χ4n) is 5.44. The van der Waals surface area contributed by atoms with Crippen molar-refractivity contribution in [3.05, 3.63) is 83.7 Å². The number of carbonyl (C=O) groups excluding carboxylic acids is 3. The summed E-state index contributed by atoms with van der Waals surface area (Å²) in [6, 6.07) is 18.3. The second-order valence-corrected chi connectivity index (χ2v) is 10.8. The van der Waals surface area contributed by atoms with Gasteiger partial charge in [0.25, 0.3) is 0 Å². The van der Waals surface area contributed by atoms with Crippen molar-refractivity contribution < 1.29 is 18.8 Å². The number of hydrogen-bond acceptors (Lipinski definition) is 5. The zero-order chi connectivity index (χ0) is 30.8. The Bertz CT molecular complexity index is 1430. The van der Waals surface area contributed by atoms with Gasteiger partial charge >= 0.3 is 0 Å². The van der Waals surface area contributed by atoms with Gasteiger partial charge in [0.15, 0.2) is 5.96 Å². The van der Waals surface area contributed by atoms with E-state index in [2.05, 4.69) is 27.3 Å². The van der Waals surface area contributed by atoms with Crippen LogP contribution in [0.2, 0.25) is 0 Å². The monoisotopic (exact) mass is 589 g/mol. The SMILES string of the molecule is CNC(=O)[C@H](Cc1ccc2ccccc2c1)N1CC[C@H](CNC(=O)Cc2ccc(F)cc2)N[C@H](CCCNC(=N)N)C1=O. The van der Waals surface area contributed by atoms with Gasteiger partial charge in [-0.05, 0) is 53.3 Å². The highest BCUT2D eigenvalue weighted by atomic mass is 19.1. The number of guanidine groups is 1. The van der Waals surface area contributed by atoms with Crippen molar-refractivity contribution in [2.45, 2.75) is 50.2 Å². The number of nitrogens with one attached hydrogen (secondary N) is 5. The van der Waals surface area contributed by atoms with Gasteiger partial charge < -0.3 is 31.9 Å². The van der Waals surface area contributed by atoms with Crippen molar-refractivity contribution in [1.29, 1.82) is 5.41 Å². The van der Waals surface area contributed by atoms with Crippen LogP contribution < -0.4 is 27.0 Å². The molecule has 43 heavy (non-hydrogen) atoms. The van der Waals surface area contributed by atoms with Gasteiger partial charge in [0.05, 0.1) is 12.5 Å².